The van der Waals surface area contributed by atoms with Crippen molar-refractivity contribution in [2.45, 2.75) is 225 Å². The average molecular weight is 650 g/mol. The van der Waals surface area contributed by atoms with E-state index in [4.69, 9.17) is 0 Å². The molecule has 0 fully saturated rings. The topological polar surface area (TPSA) is 89.8 Å². The van der Waals surface area contributed by atoms with E-state index in [-0.39, 0.29) is 18.9 Å². The van der Waals surface area contributed by atoms with Gasteiger partial charge in [0.1, 0.15) is 0 Å². The zero-order valence-electron chi connectivity index (χ0n) is 30.7. The van der Waals surface area contributed by atoms with Crippen LogP contribution in [0.15, 0.2) is 24.3 Å². The van der Waals surface area contributed by atoms with Gasteiger partial charge in [-0.25, -0.2) is 0 Å². The summed E-state index contributed by atoms with van der Waals surface area (Å²) in [5.41, 5.74) is 0. The molecule has 0 aliphatic rings. The second kappa shape index (κ2) is 36.7. The van der Waals surface area contributed by atoms with E-state index in [2.05, 4.69) is 31.3 Å². The first-order chi connectivity index (χ1) is 22.5. The van der Waals surface area contributed by atoms with Crippen LogP contribution in [0, 0.1) is 0 Å². The van der Waals surface area contributed by atoms with Crippen molar-refractivity contribution in [2.75, 3.05) is 6.61 Å². The molecule has 4 N–H and O–H groups in total. The number of hydrogen-bond donors (Lipinski definition) is 4. The van der Waals surface area contributed by atoms with Gasteiger partial charge in [0.15, 0.2) is 0 Å². The summed E-state index contributed by atoms with van der Waals surface area (Å²) in [6.07, 6.45) is 43.3. The number of carbonyl (C=O) groups excluding carboxylic acids is 1. The molecule has 0 radical (unpaired) electrons. The van der Waals surface area contributed by atoms with Gasteiger partial charge in [0, 0.05) is 0 Å². The first kappa shape index (κ1) is 44.8. The number of amides is 1. The second-order valence-electron chi connectivity index (χ2n) is 13.9. The maximum Gasteiger partial charge on any atom is 0.222 e. The summed E-state index contributed by atoms with van der Waals surface area (Å²) in [4.78, 5) is 12.3. The van der Waals surface area contributed by atoms with Crippen molar-refractivity contribution in [1.82, 2.24) is 5.32 Å². The molecule has 0 rings (SSSR count). The molecule has 1 amide bonds. The van der Waals surface area contributed by atoms with Crippen molar-refractivity contribution in [3.63, 3.8) is 0 Å². The van der Waals surface area contributed by atoms with Crippen molar-refractivity contribution in [1.29, 1.82) is 0 Å². The Labute approximate surface area is 286 Å². The molecule has 0 bridgehead atoms. The predicted octanol–water partition coefficient (Wildman–Crippen LogP) is 11.0. The van der Waals surface area contributed by atoms with Crippen LogP contribution in [0.3, 0.4) is 0 Å². The Morgan fingerprint density at radius 1 is 0.543 bits per heavy atom. The molecule has 0 saturated heterocycles. The fraction of sp³-hybridized carbons (Fsp3) is 0.878. The van der Waals surface area contributed by atoms with Crippen LogP contribution in [0.5, 0.6) is 0 Å². The lowest BCUT2D eigenvalue weighted by atomic mass is 10.0. The fourth-order valence-electron chi connectivity index (χ4n) is 6.12. The molecule has 0 aliphatic carbocycles. The molecule has 5 heteroatoms. The van der Waals surface area contributed by atoms with Crippen molar-refractivity contribution in [3.8, 4) is 0 Å². The van der Waals surface area contributed by atoms with Crippen molar-refractivity contribution >= 4 is 5.91 Å². The van der Waals surface area contributed by atoms with Crippen LogP contribution in [0.1, 0.15) is 206 Å². The van der Waals surface area contributed by atoms with Gasteiger partial charge >= 0.3 is 0 Å². The summed E-state index contributed by atoms with van der Waals surface area (Å²) in [7, 11) is 0. The highest BCUT2D eigenvalue weighted by Gasteiger charge is 2.20. The summed E-state index contributed by atoms with van der Waals surface area (Å²) >= 11 is 0. The second-order valence-corrected chi connectivity index (χ2v) is 13.9. The number of hydrogen-bond acceptors (Lipinski definition) is 4. The predicted molar refractivity (Wildman–Crippen MR) is 199 cm³/mol. The molecule has 0 aromatic heterocycles. The summed E-state index contributed by atoms with van der Waals surface area (Å²) in [5, 5.41) is 33.0. The Morgan fingerprint density at radius 3 is 1.39 bits per heavy atom. The van der Waals surface area contributed by atoms with Gasteiger partial charge in [0.05, 0.1) is 31.3 Å². The fourth-order valence-corrected chi connectivity index (χ4v) is 6.12. The third kappa shape index (κ3) is 32.8. The lowest BCUT2D eigenvalue weighted by Crippen LogP contribution is -2.45. The Morgan fingerprint density at radius 2 is 0.935 bits per heavy atom. The molecule has 0 heterocycles. The van der Waals surface area contributed by atoms with E-state index in [1.165, 1.54) is 148 Å². The first-order valence-electron chi connectivity index (χ1n) is 20.1. The number of carbonyl (C=O) groups is 1. The van der Waals surface area contributed by atoms with Crippen LogP contribution in [0.2, 0.25) is 0 Å². The van der Waals surface area contributed by atoms with Gasteiger partial charge in [-0.05, 0) is 32.1 Å². The van der Waals surface area contributed by atoms with E-state index < -0.39 is 18.2 Å². The lowest BCUT2D eigenvalue weighted by molar-refractivity contribution is -0.124. The summed E-state index contributed by atoms with van der Waals surface area (Å²) in [6, 6.07) is -0.755. The highest BCUT2D eigenvalue weighted by atomic mass is 16.3. The maximum absolute atomic E-state index is 12.3. The molecule has 0 aromatic carbocycles. The third-order valence-corrected chi connectivity index (χ3v) is 9.24. The highest BCUT2D eigenvalue weighted by molar-refractivity contribution is 5.76. The van der Waals surface area contributed by atoms with Gasteiger partial charge in [0.2, 0.25) is 5.91 Å². The zero-order chi connectivity index (χ0) is 33.8. The van der Waals surface area contributed by atoms with Gasteiger partial charge in [-0.3, -0.25) is 4.79 Å². The standard InChI is InChI=1S/C41H79NO4/c1-3-5-7-9-11-13-14-15-16-17-18-19-20-21-22-23-24-25-27-29-31-33-35-40(45)39(37-43)42-41(46)36-38(44)34-32-30-28-26-12-10-8-6-4-2/h25,27,33,35,38-40,43-45H,3-24,26,28-32,34,36-37H2,1-2H3,(H,42,46)/b27-25+,35-33+. The minimum atomic E-state index is -0.947. The average Bonchev–Trinajstić information content (AvgIpc) is 3.05. The largest absolute Gasteiger partial charge is 0.394 e. The van der Waals surface area contributed by atoms with Gasteiger partial charge in [-0.15, -0.1) is 0 Å². The van der Waals surface area contributed by atoms with E-state index in [1.807, 2.05) is 6.08 Å². The Bertz CT molecular complexity index is 679. The van der Waals surface area contributed by atoms with Crippen LogP contribution in [-0.2, 0) is 4.79 Å². The summed E-state index contributed by atoms with van der Waals surface area (Å²) < 4.78 is 0. The number of aliphatic hydroxyl groups is 3. The molecular weight excluding hydrogens is 570 g/mol. The molecule has 0 spiro atoms. The number of unbranched alkanes of at least 4 members (excludes halogenated alkanes) is 25. The third-order valence-electron chi connectivity index (χ3n) is 9.24. The molecule has 3 unspecified atom stereocenters. The quantitative estimate of drug-likeness (QED) is 0.0401. The SMILES string of the molecule is CCCCCCCCCCCCCCCCCC/C=C/CC/C=C/C(O)C(CO)NC(=O)CC(O)CCCCCCCCCCC. The summed E-state index contributed by atoms with van der Waals surface area (Å²) in [6.45, 7) is 4.18. The van der Waals surface area contributed by atoms with Crippen LogP contribution in [0.25, 0.3) is 0 Å². The van der Waals surface area contributed by atoms with Crippen LogP contribution >= 0.6 is 0 Å². The zero-order valence-corrected chi connectivity index (χ0v) is 30.7. The number of aliphatic hydroxyl groups excluding tert-OH is 3. The van der Waals surface area contributed by atoms with Crippen molar-refractivity contribution < 1.29 is 20.1 Å². The van der Waals surface area contributed by atoms with Crippen molar-refractivity contribution in [2.24, 2.45) is 0 Å². The molecule has 0 saturated carbocycles. The van der Waals surface area contributed by atoms with E-state index in [0.717, 1.165) is 32.1 Å². The van der Waals surface area contributed by atoms with Gasteiger partial charge < -0.3 is 20.6 Å². The molecule has 5 nitrogen and oxygen atoms in total. The molecule has 0 aromatic rings. The van der Waals surface area contributed by atoms with Gasteiger partial charge in [-0.1, -0.05) is 192 Å². The minimum Gasteiger partial charge on any atom is -0.394 e. The first-order valence-corrected chi connectivity index (χ1v) is 20.1. The van der Waals surface area contributed by atoms with E-state index in [1.54, 1.807) is 6.08 Å². The Hall–Kier alpha value is -1.17. The van der Waals surface area contributed by atoms with Gasteiger partial charge in [0.25, 0.3) is 0 Å². The molecule has 272 valence electrons. The maximum atomic E-state index is 12.3. The minimum absolute atomic E-state index is 0.00808. The van der Waals surface area contributed by atoms with Crippen molar-refractivity contribution in [3.05, 3.63) is 24.3 Å². The highest BCUT2D eigenvalue weighted by Crippen LogP contribution is 2.15. The monoisotopic (exact) mass is 650 g/mol. The normalized spacial score (nSPS) is 13.9. The number of nitrogens with one attached hydrogen (secondary N) is 1. The Kier molecular flexibility index (Phi) is 35.7. The van der Waals surface area contributed by atoms with Crippen LogP contribution < -0.4 is 5.32 Å². The van der Waals surface area contributed by atoms with E-state index in [0.29, 0.717) is 6.42 Å². The lowest BCUT2D eigenvalue weighted by Gasteiger charge is -2.21. The van der Waals surface area contributed by atoms with Crippen LogP contribution in [-0.4, -0.2) is 46.1 Å². The molecule has 0 aliphatic heterocycles. The van der Waals surface area contributed by atoms with Crippen LogP contribution in [0.4, 0.5) is 0 Å². The number of allylic oxidation sites excluding steroid dienone is 3. The number of rotatable bonds is 36. The summed E-state index contributed by atoms with van der Waals surface area (Å²) in [5.74, 6) is -0.327. The molecule has 3 atom stereocenters. The van der Waals surface area contributed by atoms with E-state index >= 15 is 0 Å². The smallest absolute Gasteiger partial charge is 0.222 e. The molecule has 46 heavy (non-hydrogen) atoms. The van der Waals surface area contributed by atoms with Gasteiger partial charge in [-0.2, -0.15) is 0 Å². The molecular formula is C41H79NO4. The Balaban J connectivity index is 3.69. The van der Waals surface area contributed by atoms with E-state index in [9.17, 15) is 20.1 Å².